The number of nitrogens with two attached hydrogens (primary N) is 1. The minimum absolute atomic E-state index is 0.112. The van der Waals surface area contributed by atoms with Gasteiger partial charge in [0, 0.05) is 18.8 Å². The first-order valence-electron chi connectivity index (χ1n) is 6.76. The topological polar surface area (TPSA) is 46.3 Å². The van der Waals surface area contributed by atoms with Gasteiger partial charge in [0.1, 0.15) is 0 Å². The van der Waals surface area contributed by atoms with Crippen LogP contribution in [0.5, 0.6) is 0 Å². The van der Waals surface area contributed by atoms with Gasteiger partial charge in [-0.05, 0) is 36.8 Å². The number of anilines is 1. The predicted molar refractivity (Wildman–Crippen MR) is 74.5 cm³/mol. The lowest BCUT2D eigenvalue weighted by molar-refractivity contribution is 0.0755. The zero-order chi connectivity index (χ0) is 13.1. The largest absolute Gasteiger partial charge is 0.398 e. The van der Waals surface area contributed by atoms with Crippen molar-refractivity contribution in [1.29, 1.82) is 0 Å². The Balaban J connectivity index is 2.23. The average Bonchev–Trinajstić information content (AvgIpc) is 2.47. The van der Waals surface area contributed by atoms with E-state index in [9.17, 15) is 4.79 Å². The molecule has 0 saturated heterocycles. The van der Waals surface area contributed by atoms with E-state index in [0.29, 0.717) is 11.6 Å². The Morgan fingerprint density at radius 1 is 1.39 bits per heavy atom. The maximum Gasteiger partial charge on any atom is 0.256 e. The minimum atomic E-state index is 0.112. The van der Waals surface area contributed by atoms with Gasteiger partial charge in [0.15, 0.2) is 0 Å². The van der Waals surface area contributed by atoms with Crippen LogP contribution in [0.25, 0.3) is 0 Å². The highest BCUT2D eigenvalue weighted by Gasteiger charge is 2.23. The van der Waals surface area contributed by atoms with E-state index in [0.717, 1.165) is 43.5 Å². The van der Waals surface area contributed by atoms with E-state index < -0.39 is 0 Å². The van der Waals surface area contributed by atoms with Crippen LogP contribution in [0, 0.1) is 5.92 Å². The van der Waals surface area contributed by atoms with Gasteiger partial charge in [-0.15, -0.1) is 0 Å². The number of hydrogen-bond acceptors (Lipinski definition) is 2. The molecule has 1 amide bonds. The zero-order valence-electron chi connectivity index (χ0n) is 11.3. The number of carbonyl (C=O) groups excluding carboxylic acids is 1. The second-order valence-corrected chi connectivity index (χ2v) is 5.46. The van der Waals surface area contributed by atoms with Crippen molar-refractivity contribution < 1.29 is 4.79 Å². The molecule has 3 nitrogen and oxygen atoms in total. The van der Waals surface area contributed by atoms with E-state index in [2.05, 4.69) is 13.8 Å². The fourth-order valence-corrected chi connectivity index (χ4v) is 2.44. The third-order valence-corrected chi connectivity index (χ3v) is 3.53. The van der Waals surface area contributed by atoms with Gasteiger partial charge < -0.3 is 10.6 Å². The van der Waals surface area contributed by atoms with Gasteiger partial charge in [-0.3, -0.25) is 4.79 Å². The highest BCUT2D eigenvalue weighted by Crippen LogP contribution is 2.24. The molecular formula is C15H22N2O. The molecule has 0 fully saturated rings. The number of carbonyl (C=O) groups is 1. The third kappa shape index (κ3) is 2.66. The second kappa shape index (κ2) is 5.42. The van der Waals surface area contributed by atoms with Crippen LogP contribution in [0.2, 0.25) is 0 Å². The summed E-state index contributed by atoms with van der Waals surface area (Å²) in [7, 11) is 0. The van der Waals surface area contributed by atoms with E-state index in [4.69, 9.17) is 5.73 Å². The second-order valence-electron chi connectivity index (χ2n) is 5.46. The molecule has 1 aromatic carbocycles. The van der Waals surface area contributed by atoms with Crippen molar-refractivity contribution in [2.45, 2.75) is 33.1 Å². The van der Waals surface area contributed by atoms with Crippen molar-refractivity contribution in [2.24, 2.45) is 5.92 Å². The maximum absolute atomic E-state index is 12.5. The zero-order valence-corrected chi connectivity index (χ0v) is 11.3. The highest BCUT2D eigenvalue weighted by molar-refractivity contribution is 6.00. The first-order chi connectivity index (χ1) is 8.59. The van der Waals surface area contributed by atoms with Gasteiger partial charge in [-0.2, -0.15) is 0 Å². The summed E-state index contributed by atoms with van der Waals surface area (Å²) in [6, 6.07) is 5.78. The van der Waals surface area contributed by atoms with E-state index in [1.807, 2.05) is 23.1 Å². The summed E-state index contributed by atoms with van der Waals surface area (Å²) < 4.78 is 0. The molecule has 18 heavy (non-hydrogen) atoms. The smallest absolute Gasteiger partial charge is 0.256 e. The highest BCUT2D eigenvalue weighted by atomic mass is 16.2. The Bertz CT molecular complexity index is 440. The molecule has 98 valence electrons. The maximum atomic E-state index is 12.5. The van der Waals surface area contributed by atoms with Gasteiger partial charge in [0.05, 0.1) is 5.56 Å². The summed E-state index contributed by atoms with van der Waals surface area (Å²) in [5.41, 5.74) is 8.43. The first kappa shape index (κ1) is 12.9. The quantitative estimate of drug-likeness (QED) is 0.833. The van der Waals surface area contributed by atoms with Gasteiger partial charge in [0.2, 0.25) is 0 Å². The van der Waals surface area contributed by atoms with E-state index in [1.54, 1.807) is 0 Å². The van der Waals surface area contributed by atoms with Crippen LogP contribution in [0.1, 0.15) is 42.6 Å². The molecule has 0 unspecified atom stereocenters. The molecule has 0 atom stereocenters. The van der Waals surface area contributed by atoms with E-state index >= 15 is 0 Å². The number of rotatable bonds is 3. The van der Waals surface area contributed by atoms with Crippen LogP contribution in [0.15, 0.2) is 18.2 Å². The summed E-state index contributed by atoms with van der Waals surface area (Å²) in [5.74, 6) is 0.731. The molecule has 1 aromatic rings. The molecule has 0 spiro atoms. The van der Waals surface area contributed by atoms with Crippen LogP contribution >= 0.6 is 0 Å². The lowest BCUT2D eigenvalue weighted by Crippen LogP contribution is -2.33. The van der Waals surface area contributed by atoms with Crippen molar-refractivity contribution in [3.8, 4) is 0 Å². The van der Waals surface area contributed by atoms with Crippen molar-refractivity contribution >= 4 is 11.6 Å². The minimum Gasteiger partial charge on any atom is -0.398 e. The molecule has 1 aliphatic heterocycles. The average molecular weight is 246 g/mol. The van der Waals surface area contributed by atoms with Gasteiger partial charge >= 0.3 is 0 Å². The molecule has 1 heterocycles. The Morgan fingerprint density at radius 2 is 2.17 bits per heavy atom. The molecule has 0 bridgehead atoms. The predicted octanol–water partition coefficient (Wildman–Crippen LogP) is 2.70. The van der Waals surface area contributed by atoms with Crippen LogP contribution in [-0.2, 0) is 6.42 Å². The normalized spacial score (nSPS) is 15.7. The van der Waals surface area contributed by atoms with Crippen LogP contribution < -0.4 is 5.73 Å². The van der Waals surface area contributed by atoms with E-state index in [1.165, 1.54) is 0 Å². The number of amides is 1. The summed E-state index contributed by atoms with van der Waals surface area (Å²) in [6.45, 7) is 6.05. The Morgan fingerprint density at radius 3 is 2.89 bits per heavy atom. The number of hydrogen-bond donors (Lipinski definition) is 1. The van der Waals surface area contributed by atoms with Crippen molar-refractivity contribution in [3.05, 3.63) is 29.3 Å². The molecule has 1 aliphatic rings. The molecule has 2 N–H and O–H groups in total. The van der Waals surface area contributed by atoms with Gasteiger partial charge in [-0.25, -0.2) is 0 Å². The summed E-state index contributed by atoms with van der Waals surface area (Å²) in [6.07, 6.45) is 3.03. The van der Waals surface area contributed by atoms with Crippen molar-refractivity contribution in [1.82, 2.24) is 4.90 Å². The number of nitrogens with zero attached hydrogens (tertiary/aromatic N) is 1. The van der Waals surface area contributed by atoms with Gasteiger partial charge in [-0.1, -0.05) is 26.0 Å². The van der Waals surface area contributed by atoms with Gasteiger partial charge in [0.25, 0.3) is 5.91 Å². The molecule has 3 heteroatoms. The molecule has 0 saturated carbocycles. The van der Waals surface area contributed by atoms with Crippen LogP contribution in [0.3, 0.4) is 0 Å². The van der Waals surface area contributed by atoms with Crippen LogP contribution in [0.4, 0.5) is 5.69 Å². The van der Waals surface area contributed by atoms with Crippen LogP contribution in [-0.4, -0.2) is 23.9 Å². The molecule has 0 aromatic heterocycles. The van der Waals surface area contributed by atoms with Crippen molar-refractivity contribution in [3.63, 3.8) is 0 Å². The fraction of sp³-hybridized carbons (Fsp3) is 0.533. The molecular weight excluding hydrogens is 224 g/mol. The monoisotopic (exact) mass is 246 g/mol. The SMILES string of the molecule is CC(C)CCN1CCCc2cccc(N)c2C1=O. The fourth-order valence-electron chi connectivity index (χ4n) is 2.44. The lowest BCUT2D eigenvalue weighted by Gasteiger charge is -2.22. The van der Waals surface area contributed by atoms with E-state index in [-0.39, 0.29) is 5.91 Å². The lowest BCUT2D eigenvalue weighted by atomic mass is 10.0. The molecule has 0 aliphatic carbocycles. The number of nitrogen functional groups attached to an aromatic ring is 1. The summed E-state index contributed by atoms with van der Waals surface area (Å²) in [5, 5.41) is 0. The third-order valence-electron chi connectivity index (χ3n) is 3.53. The number of aryl methyl sites for hydroxylation is 1. The Labute approximate surface area is 109 Å². The summed E-state index contributed by atoms with van der Waals surface area (Å²) >= 11 is 0. The summed E-state index contributed by atoms with van der Waals surface area (Å²) in [4.78, 5) is 14.5. The number of fused-ring (bicyclic) bond motifs is 1. The Kier molecular flexibility index (Phi) is 3.90. The van der Waals surface area contributed by atoms with Crippen molar-refractivity contribution in [2.75, 3.05) is 18.8 Å². The standard InChI is InChI=1S/C15H22N2O/c1-11(2)8-10-17-9-4-6-12-5-3-7-13(16)14(12)15(17)18/h3,5,7,11H,4,6,8-10,16H2,1-2H3. The number of benzene rings is 1. The Hall–Kier alpha value is -1.51. The molecule has 2 rings (SSSR count). The first-order valence-corrected chi connectivity index (χ1v) is 6.76. The molecule has 0 radical (unpaired) electrons.